The highest BCUT2D eigenvalue weighted by Crippen LogP contribution is 2.49. The van der Waals surface area contributed by atoms with Gasteiger partial charge in [-0.25, -0.2) is 4.79 Å². The van der Waals surface area contributed by atoms with E-state index >= 15 is 0 Å². The SMILES string of the molecule is COC(=O)C1(C(F)(F)F)C=C2CC(c3ccccc3)=C2CCN1C. The normalized spacial score (nSPS) is 24.6. The number of benzene rings is 1. The second kappa shape index (κ2) is 5.77. The summed E-state index contributed by atoms with van der Waals surface area (Å²) >= 11 is 0. The number of carbonyl (C=O) groups is 1. The molecule has 1 aromatic carbocycles. The molecule has 1 atom stereocenters. The summed E-state index contributed by atoms with van der Waals surface area (Å²) in [6, 6.07) is 9.61. The average molecular weight is 337 g/mol. The van der Waals surface area contributed by atoms with Crippen LogP contribution < -0.4 is 0 Å². The van der Waals surface area contributed by atoms with Crippen molar-refractivity contribution >= 4 is 11.5 Å². The highest BCUT2D eigenvalue weighted by Gasteiger charge is 2.63. The maximum absolute atomic E-state index is 13.8. The molecular weight excluding hydrogens is 319 g/mol. The van der Waals surface area contributed by atoms with Crippen LogP contribution in [0.5, 0.6) is 0 Å². The average Bonchev–Trinajstić information content (AvgIpc) is 2.63. The van der Waals surface area contributed by atoms with Gasteiger partial charge in [0.1, 0.15) is 0 Å². The number of ether oxygens (including phenoxy) is 1. The number of esters is 1. The summed E-state index contributed by atoms with van der Waals surface area (Å²) in [7, 11) is 2.30. The van der Waals surface area contributed by atoms with Crippen LogP contribution >= 0.6 is 0 Å². The number of methoxy groups -OCH3 is 1. The van der Waals surface area contributed by atoms with E-state index in [-0.39, 0.29) is 6.54 Å². The Balaban J connectivity index is 2.10. The van der Waals surface area contributed by atoms with Crippen molar-refractivity contribution in [3.05, 3.63) is 53.1 Å². The molecule has 0 radical (unpaired) electrons. The van der Waals surface area contributed by atoms with Crippen LogP contribution in [0.2, 0.25) is 0 Å². The van der Waals surface area contributed by atoms with Crippen molar-refractivity contribution < 1.29 is 22.7 Å². The van der Waals surface area contributed by atoms with E-state index in [0.29, 0.717) is 18.4 Å². The minimum atomic E-state index is -4.75. The van der Waals surface area contributed by atoms with E-state index in [4.69, 9.17) is 0 Å². The third-order valence-electron chi connectivity index (χ3n) is 4.85. The molecule has 24 heavy (non-hydrogen) atoms. The molecule has 3 nitrogen and oxygen atoms in total. The second-order valence-corrected chi connectivity index (χ2v) is 6.10. The lowest BCUT2D eigenvalue weighted by molar-refractivity contribution is -0.222. The van der Waals surface area contributed by atoms with Gasteiger partial charge in [0.2, 0.25) is 5.54 Å². The molecule has 3 rings (SSSR count). The first kappa shape index (κ1) is 16.8. The summed E-state index contributed by atoms with van der Waals surface area (Å²) < 4.78 is 45.9. The molecule has 0 spiro atoms. The zero-order valence-corrected chi connectivity index (χ0v) is 13.5. The quantitative estimate of drug-likeness (QED) is 0.773. The highest BCUT2D eigenvalue weighted by atomic mass is 19.4. The number of hydrogen-bond donors (Lipinski definition) is 0. The molecule has 1 heterocycles. The zero-order chi connectivity index (χ0) is 17.5. The van der Waals surface area contributed by atoms with E-state index in [2.05, 4.69) is 4.74 Å². The summed E-state index contributed by atoms with van der Waals surface area (Å²) in [6.07, 6.45) is -2.79. The highest BCUT2D eigenvalue weighted by molar-refractivity contribution is 5.88. The molecule has 0 N–H and O–H groups in total. The molecule has 1 aromatic rings. The Kier molecular flexibility index (Phi) is 4.03. The Morgan fingerprint density at radius 2 is 1.88 bits per heavy atom. The maximum atomic E-state index is 13.8. The maximum Gasteiger partial charge on any atom is 0.421 e. The molecule has 0 aromatic heterocycles. The minimum absolute atomic E-state index is 0.125. The first-order valence-electron chi connectivity index (χ1n) is 7.67. The fraction of sp³-hybridized carbons (Fsp3) is 0.389. The first-order valence-corrected chi connectivity index (χ1v) is 7.67. The number of likely N-dealkylation sites (N-methyl/N-ethyl adjacent to an activating group) is 1. The zero-order valence-electron chi connectivity index (χ0n) is 13.5. The predicted molar refractivity (Wildman–Crippen MR) is 84.1 cm³/mol. The summed E-state index contributed by atoms with van der Waals surface area (Å²) in [5, 5.41) is 0. The lowest BCUT2D eigenvalue weighted by Gasteiger charge is -2.37. The van der Waals surface area contributed by atoms with Crippen molar-refractivity contribution in [1.29, 1.82) is 0 Å². The fourth-order valence-corrected chi connectivity index (χ4v) is 3.46. The number of allylic oxidation sites excluding steroid dienone is 2. The van der Waals surface area contributed by atoms with Crippen molar-refractivity contribution in [3.8, 4) is 0 Å². The van der Waals surface area contributed by atoms with Gasteiger partial charge in [-0.05, 0) is 48.2 Å². The first-order chi connectivity index (χ1) is 11.3. The van der Waals surface area contributed by atoms with Crippen molar-refractivity contribution in [2.45, 2.75) is 24.6 Å². The predicted octanol–water partition coefficient (Wildman–Crippen LogP) is 3.58. The van der Waals surface area contributed by atoms with Gasteiger partial charge >= 0.3 is 12.1 Å². The van der Waals surface area contributed by atoms with E-state index in [0.717, 1.165) is 34.8 Å². The number of fused-ring (bicyclic) bond motifs is 1. The van der Waals surface area contributed by atoms with Gasteiger partial charge in [0.05, 0.1) is 7.11 Å². The molecule has 6 heteroatoms. The Morgan fingerprint density at radius 1 is 1.21 bits per heavy atom. The van der Waals surface area contributed by atoms with Crippen LogP contribution in [0.25, 0.3) is 5.57 Å². The Hall–Kier alpha value is -2.08. The van der Waals surface area contributed by atoms with E-state index in [1.54, 1.807) is 0 Å². The van der Waals surface area contributed by atoms with Gasteiger partial charge in [0, 0.05) is 6.54 Å². The third-order valence-corrected chi connectivity index (χ3v) is 4.85. The molecule has 0 fully saturated rings. The van der Waals surface area contributed by atoms with E-state index < -0.39 is 17.7 Å². The molecule has 0 saturated carbocycles. The summed E-state index contributed by atoms with van der Waals surface area (Å²) in [5.74, 6) is -1.29. The molecule has 2 aliphatic rings. The monoisotopic (exact) mass is 337 g/mol. The van der Waals surface area contributed by atoms with Crippen molar-refractivity contribution in [3.63, 3.8) is 0 Å². The minimum Gasteiger partial charge on any atom is -0.467 e. The number of hydrogen-bond acceptors (Lipinski definition) is 3. The van der Waals surface area contributed by atoms with Crippen molar-refractivity contribution in [2.24, 2.45) is 0 Å². The molecule has 1 aliphatic carbocycles. The van der Waals surface area contributed by atoms with Crippen LogP contribution in [0.1, 0.15) is 18.4 Å². The van der Waals surface area contributed by atoms with Gasteiger partial charge in [-0.2, -0.15) is 13.2 Å². The van der Waals surface area contributed by atoms with Crippen molar-refractivity contribution in [1.82, 2.24) is 4.90 Å². The van der Waals surface area contributed by atoms with Gasteiger partial charge in [0.15, 0.2) is 0 Å². The van der Waals surface area contributed by atoms with E-state index in [1.807, 2.05) is 30.3 Å². The van der Waals surface area contributed by atoms with Crippen LogP contribution in [0, 0.1) is 0 Å². The Labute approximate surface area is 138 Å². The Bertz CT molecular complexity index is 722. The van der Waals surface area contributed by atoms with E-state index in [1.165, 1.54) is 7.05 Å². The molecule has 1 aliphatic heterocycles. The van der Waals surface area contributed by atoms with Crippen LogP contribution in [0.15, 0.2) is 47.6 Å². The lowest BCUT2D eigenvalue weighted by Crippen LogP contribution is -2.61. The number of alkyl halides is 3. The third kappa shape index (κ3) is 2.36. The van der Waals surface area contributed by atoms with Crippen LogP contribution in [0.4, 0.5) is 13.2 Å². The molecule has 128 valence electrons. The standard InChI is InChI=1S/C18H18F3NO2/c1-22-9-8-14-13(10-15(14)12-6-4-3-5-7-12)11-17(22,16(23)24-2)18(19,20)21/h3-7,11H,8-10H2,1-2H3. The molecule has 0 amide bonds. The topological polar surface area (TPSA) is 29.5 Å². The Morgan fingerprint density at radius 3 is 2.46 bits per heavy atom. The number of carbonyl (C=O) groups excluding carboxylic acids is 1. The van der Waals surface area contributed by atoms with Crippen LogP contribution in [-0.4, -0.2) is 43.3 Å². The van der Waals surface area contributed by atoms with Gasteiger partial charge in [-0.15, -0.1) is 0 Å². The lowest BCUT2D eigenvalue weighted by atomic mass is 9.76. The van der Waals surface area contributed by atoms with Gasteiger partial charge in [0.25, 0.3) is 0 Å². The second-order valence-electron chi connectivity index (χ2n) is 6.10. The molecule has 0 saturated heterocycles. The molecule has 0 bridgehead atoms. The van der Waals surface area contributed by atoms with Gasteiger partial charge in [-0.1, -0.05) is 30.3 Å². The van der Waals surface area contributed by atoms with Crippen molar-refractivity contribution in [2.75, 3.05) is 20.7 Å². The van der Waals surface area contributed by atoms with Crippen LogP contribution in [0.3, 0.4) is 0 Å². The van der Waals surface area contributed by atoms with Gasteiger partial charge < -0.3 is 4.74 Å². The number of halogens is 3. The molecule has 1 unspecified atom stereocenters. The fourth-order valence-electron chi connectivity index (χ4n) is 3.46. The summed E-state index contributed by atoms with van der Waals surface area (Å²) in [4.78, 5) is 13.1. The smallest absolute Gasteiger partial charge is 0.421 e. The largest absolute Gasteiger partial charge is 0.467 e. The number of rotatable bonds is 2. The van der Waals surface area contributed by atoms with E-state index in [9.17, 15) is 18.0 Å². The number of nitrogens with zero attached hydrogens (tertiary/aromatic N) is 1. The summed E-state index contributed by atoms with van der Waals surface area (Å²) in [6.45, 7) is 0.125. The molecular formula is C18H18F3NO2. The van der Waals surface area contributed by atoms with Crippen LogP contribution in [-0.2, 0) is 9.53 Å². The summed E-state index contributed by atoms with van der Waals surface area (Å²) in [5.41, 5.74) is 0.841. The van der Waals surface area contributed by atoms with Gasteiger partial charge in [-0.3, -0.25) is 4.90 Å².